The first-order valence-corrected chi connectivity index (χ1v) is 9.39. The fourth-order valence-electron chi connectivity index (χ4n) is 3.51. The second-order valence-corrected chi connectivity index (χ2v) is 8.31. The fourth-order valence-corrected chi connectivity index (χ4v) is 6.33. The molecular formula is C15H14BrN3O2S. The number of nitrogens with zero attached hydrogens (tertiary/aromatic N) is 3. The first-order valence-electron chi connectivity index (χ1n) is 7.16. The van der Waals surface area contributed by atoms with Gasteiger partial charge in [-0.2, -0.15) is 4.31 Å². The summed E-state index contributed by atoms with van der Waals surface area (Å²) in [5.41, 5.74) is 1.94. The van der Waals surface area contributed by atoms with Crippen LogP contribution in [0.1, 0.15) is 30.1 Å². The van der Waals surface area contributed by atoms with Crippen LogP contribution in [-0.2, 0) is 16.4 Å². The monoisotopic (exact) mass is 379 g/mol. The van der Waals surface area contributed by atoms with E-state index in [1.54, 1.807) is 28.7 Å². The molecule has 2 atom stereocenters. The van der Waals surface area contributed by atoms with Gasteiger partial charge < -0.3 is 0 Å². The summed E-state index contributed by atoms with van der Waals surface area (Å²) in [5.74, 6) is 0. The Morgan fingerprint density at radius 3 is 2.86 bits per heavy atom. The van der Waals surface area contributed by atoms with Gasteiger partial charge in [0, 0.05) is 28.7 Å². The second-order valence-electron chi connectivity index (χ2n) is 5.64. The average molecular weight is 380 g/mol. The zero-order valence-electron chi connectivity index (χ0n) is 11.7. The van der Waals surface area contributed by atoms with Crippen LogP contribution in [0.5, 0.6) is 0 Å². The van der Waals surface area contributed by atoms with E-state index >= 15 is 0 Å². The van der Waals surface area contributed by atoms with Gasteiger partial charge in [-0.25, -0.2) is 18.4 Å². The van der Waals surface area contributed by atoms with E-state index in [1.807, 2.05) is 6.07 Å². The van der Waals surface area contributed by atoms with Crippen LogP contribution >= 0.6 is 15.9 Å². The van der Waals surface area contributed by atoms with Crippen molar-refractivity contribution in [2.45, 2.75) is 36.2 Å². The number of benzene rings is 1. The third-order valence-electron chi connectivity index (χ3n) is 4.45. The lowest BCUT2D eigenvalue weighted by atomic mass is 10.0. The lowest BCUT2D eigenvalue weighted by Crippen LogP contribution is -2.42. The zero-order chi connectivity index (χ0) is 15.3. The molecule has 2 aliphatic rings. The summed E-state index contributed by atoms with van der Waals surface area (Å²) >= 11 is 3.36. The average Bonchev–Trinajstić information content (AvgIpc) is 2.84. The van der Waals surface area contributed by atoms with E-state index in [0.717, 1.165) is 24.1 Å². The van der Waals surface area contributed by atoms with Gasteiger partial charge in [-0.1, -0.05) is 12.1 Å². The molecule has 1 saturated heterocycles. The van der Waals surface area contributed by atoms with Gasteiger partial charge in [0.05, 0.1) is 16.6 Å². The highest BCUT2D eigenvalue weighted by Gasteiger charge is 2.47. The lowest BCUT2D eigenvalue weighted by molar-refractivity contribution is 0.300. The maximum Gasteiger partial charge on any atom is 0.245 e. The molecule has 2 aliphatic heterocycles. The summed E-state index contributed by atoms with van der Waals surface area (Å²) in [6.45, 7) is 0. The number of rotatable bonds is 2. The smallest absolute Gasteiger partial charge is 0.244 e. The van der Waals surface area contributed by atoms with Crippen molar-refractivity contribution < 1.29 is 8.42 Å². The van der Waals surface area contributed by atoms with Crippen molar-refractivity contribution in [1.29, 1.82) is 0 Å². The van der Waals surface area contributed by atoms with Gasteiger partial charge in [0.2, 0.25) is 10.0 Å². The van der Waals surface area contributed by atoms with Crippen LogP contribution in [0.3, 0.4) is 0 Å². The summed E-state index contributed by atoms with van der Waals surface area (Å²) < 4.78 is 28.5. The molecule has 0 N–H and O–H groups in total. The van der Waals surface area contributed by atoms with Crippen molar-refractivity contribution in [1.82, 2.24) is 14.3 Å². The van der Waals surface area contributed by atoms with E-state index in [2.05, 4.69) is 25.9 Å². The van der Waals surface area contributed by atoms with Gasteiger partial charge >= 0.3 is 0 Å². The first kappa shape index (κ1) is 14.3. The molecule has 4 rings (SSSR count). The number of hydrogen-bond acceptors (Lipinski definition) is 4. The molecule has 0 unspecified atom stereocenters. The van der Waals surface area contributed by atoms with Gasteiger partial charge in [-0.3, -0.25) is 0 Å². The van der Waals surface area contributed by atoms with Crippen molar-refractivity contribution in [2.24, 2.45) is 0 Å². The Hall–Kier alpha value is -1.31. The molecule has 0 amide bonds. The van der Waals surface area contributed by atoms with Crippen LogP contribution in [0.4, 0.5) is 0 Å². The molecule has 7 heteroatoms. The molecule has 2 aromatic rings. The van der Waals surface area contributed by atoms with E-state index < -0.39 is 10.0 Å². The Kier molecular flexibility index (Phi) is 3.32. The van der Waals surface area contributed by atoms with Crippen LogP contribution in [0, 0.1) is 0 Å². The van der Waals surface area contributed by atoms with Crippen LogP contribution in [0.25, 0.3) is 0 Å². The van der Waals surface area contributed by atoms with Gasteiger partial charge in [-0.15, -0.1) is 0 Å². The molecule has 0 aliphatic carbocycles. The van der Waals surface area contributed by atoms with Gasteiger partial charge in [-0.05, 0) is 40.9 Å². The first-order chi connectivity index (χ1) is 10.6. The SMILES string of the molecule is O=S(=O)(c1ccccc1Br)N1[C@H]2CC[C@H]1c1cncnc1C2. The molecule has 2 bridgehead atoms. The highest BCUT2D eigenvalue weighted by Crippen LogP contribution is 2.46. The van der Waals surface area contributed by atoms with E-state index in [4.69, 9.17) is 0 Å². The molecule has 5 nitrogen and oxygen atoms in total. The van der Waals surface area contributed by atoms with Crippen LogP contribution in [0.2, 0.25) is 0 Å². The van der Waals surface area contributed by atoms with Crippen molar-refractivity contribution in [3.8, 4) is 0 Å². The van der Waals surface area contributed by atoms with E-state index in [1.165, 1.54) is 6.33 Å². The lowest BCUT2D eigenvalue weighted by Gasteiger charge is -2.34. The summed E-state index contributed by atoms with van der Waals surface area (Å²) in [4.78, 5) is 8.73. The Morgan fingerprint density at radius 2 is 2.05 bits per heavy atom. The largest absolute Gasteiger partial charge is 0.245 e. The summed E-state index contributed by atoms with van der Waals surface area (Å²) in [6, 6.07) is 6.82. The molecule has 1 aromatic heterocycles. The summed E-state index contributed by atoms with van der Waals surface area (Å²) in [6.07, 6.45) is 5.66. The topological polar surface area (TPSA) is 63.2 Å². The predicted molar refractivity (Wildman–Crippen MR) is 84.7 cm³/mol. The zero-order valence-corrected chi connectivity index (χ0v) is 14.1. The molecular weight excluding hydrogens is 366 g/mol. The maximum absolute atomic E-state index is 13.1. The quantitative estimate of drug-likeness (QED) is 0.804. The number of sulfonamides is 1. The van der Waals surface area contributed by atoms with E-state index in [0.29, 0.717) is 15.8 Å². The highest BCUT2D eigenvalue weighted by atomic mass is 79.9. The molecule has 1 fully saturated rings. The fraction of sp³-hybridized carbons (Fsp3) is 0.333. The number of hydrogen-bond donors (Lipinski definition) is 0. The summed E-state index contributed by atoms with van der Waals surface area (Å²) in [7, 11) is -3.54. The van der Waals surface area contributed by atoms with E-state index in [-0.39, 0.29) is 12.1 Å². The molecule has 3 heterocycles. The van der Waals surface area contributed by atoms with Crippen LogP contribution < -0.4 is 0 Å². The third-order valence-corrected chi connectivity index (χ3v) is 7.42. The Morgan fingerprint density at radius 1 is 1.23 bits per heavy atom. The molecule has 114 valence electrons. The molecule has 1 aromatic carbocycles. The molecule has 0 saturated carbocycles. The minimum absolute atomic E-state index is 0.00972. The van der Waals surface area contributed by atoms with Crippen LogP contribution in [-0.4, -0.2) is 28.7 Å². The minimum Gasteiger partial charge on any atom is -0.244 e. The highest BCUT2D eigenvalue weighted by molar-refractivity contribution is 9.10. The molecule has 22 heavy (non-hydrogen) atoms. The Balaban J connectivity index is 1.83. The van der Waals surface area contributed by atoms with Crippen LogP contribution in [0.15, 0.2) is 46.2 Å². The molecule has 0 spiro atoms. The second kappa shape index (κ2) is 5.11. The normalized spacial score (nSPS) is 24.2. The van der Waals surface area contributed by atoms with Crippen molar-refractivity contribution in [3.63, 3.8) is 0 Å². The Labute approximate surface area is 137 Å². The van der Waals surface area contributed by atoms with E-state index in [9.17, 15) is 8.42 Å². The third kappa shape index (κ3) is 2.03. The Bertz CT molecular complexity index is 840. The van der Waals surface area contributed by atoms with Crippen molar-refractivity contribution >= 4 is 26.0 Å². The van der Waals surface area contributed by atoms with Gasteiger partial charge in [0.1, 0.15) is 6.33 Å². The van der Waals surface area contributed by atoms with Crippen molar-refractivity contribution in [3.05, 3.63) is 52.5 Å². The van der Waals surface area contributed by atoms with Crippen molar-refractivity contribution in [2.75, 3.05) is 0 Å². The van der Waals surface area contributed by atoms with Gasteiger partial charge in [0.15, 0.2) is 0 Å². The number of halogens is 1. The standard InChI is InChI=1S/C15H14BrN3O2S/c16-12-3-1-2-4-15(12)22(20,21)19-10-5-6-14(19)11-8-17-9-18-13(11)7-10/h1-4,8-10,14H,5-7H2/t10-,14-/m0/s1. The summed E-state index contributed by atoms with van der Waals surface area (Å²) in [5, 5.41) is 0. The number of aromatic nitrogens is 2. The predicted octanol–water partition coefficient (Wildman–Crippen LogP) is 2.69. The molecule has 0 radical (unpaired) electrons. The maximum atomic E-state index is 13.1. The van der Waals surface area contributed by atoms with Gasteiger partial charge in [0.25, 0.3) is 0 Å². The minimum atomic E-state index is -3.54. The number of fused-ring (bicyclic) bond motifs is 4.